The highest BCUT2D eigenvalue weighted by Gasteiger charge is 2.60. The van der Waals surface area contributed by atoms with E-state index in [-0.39, 0.29) is 12.4 Å². The van der Waals surface area contributed by atoms with Crippen LogP contribution in [0, 0.1) is 5.92 Å². The van der Waals surface area contributed by atoms with Gasteiger partial charge in [-0.25, -0.2) is 8.78 Å². The third-order valence-corrected chi connectivity index (χ3v) is 2.63. The van der Waals surface area contributed by atoms with Crippen LogP contribution in [0.25, 0.3) is 0 Å². The lowest BCUT2D eigenvalue weighted by Gasteiger charge is -2.31. The predicted molar refractivity (Wildman–Crippen MR) is 28.3 cm³/mol. The summed E-state index contributed by atoms with van der Waals surface area (Å²) < 4.78 is 24.3. The topological polar surface area (TPSA) is 16.6 Å². The van der Waals surface area contributed by atoms with Gasteiger partial charge >= 0.3 is 0 Å². The van der Waals surface area contributed by atoms with Crippen molar-refractivity contribution in [3.05, 3.63) is 0 Å². The van der Waals surface area contributed by atoms with Crippen molar-refractivity contribution >= 4 is 0 Å². The van der Waals surface area contributed by atoms with Gasteiger partial charge in [-0.3, -0.25) is 0 Å². The first kappa shape index (κ1) is 8.21. The average Bonchev–Trinajstić information content (AvgIpc) is 2.13. The predicted octanol–water partition coefficient (Wildman–Crippen LogP) is -3.02. The Labute approximate surface area is 64.6 Å². The Bertz CT molecular complexity index is 128. The molecule has 3 fully saturated rings. The van der Waals surface area contributed by atoms with E-state index in [1.165, 1.54) is 0 Å². The number of nitrogens with two attached hydrogens (primary N) is 1. The van der Waals surface area contributed by atoms with Gasteiger partial charge in [-0.1, -0.05) is 0 Å². The lowest BCUT2D eigenvalue weighted by molar-refractivity contribution is -0.707. The molecule has 3 aliphatic rings. The molecule has 0 aromatic heterocycles. The monoisotopic (exact) mass is 169 g/mol. The smallest absolute Gasteiger partial charge is 0.291 e. The van der Waals surface area contributed by atoms with Gasteiger partial charge in [0.1, 0.15) is 0 Å². The second-order valence-electron chi connectivity index (χ2n) is 3.25. The largest absolute Gasteiger partial charge is 1.00 e. The molecule has 2 aliphatic heterocycles. The molecule has 0 atom stereocenters. The third kappa shape index (κ3) is 0.839. The fraction of sp³-hybridized carbons (Fsp3) is 1.00. The molecule has 60 valence electrons. The first-order valence-corrected chi connectivity index (χ1v) is 3.35. The Kier molecular flexibility index (Phi) is 1.90. The van der Waals surface area contributed by atoms with Crippen molar-refractivity contribution in [2.24, 2.45) is 5.92 Å². The van der Waals surface area contributed by atoms with Gasteiger partial charge in [-0.2, -0.15) is 0 Å². The molecule has 0 spiro atoms. The molecule has 1 aliphatic carbocycles. The van der Waals surface area contributed by atoms with Crippen LogP contribution in [-0.2, 0) is 0 Å². The van der Waals surface area contributed by atoms with E-state index < -0.39 is 12.0 Å². The molecule has 3 rings (SSSR count). The number of fused-ring (bicyclic) bond motifs is 1. The van der Waals surface area contributed by atoms with Crippen LogP contribution >= 0.6 is 0 Å². The first-order chi connectivity index (χ1) is 4.23. The van der Waals surface area contributed by atoms with Crippen LogP contribution in [0.4, 0.5) is 8.78 Å². The third-order valence-electron chi connectivity index (χ3n) is 2.63. The van der Waals surface area contributed by atoms with Crippen LogP contribution in [0.5, 0.6) is 0 Å². The van der Waals surface area contributed by atoms with E-state index in [9.17, 15) is 8.78 Å². The van der Waals surface area contributed by atoms with Crippen molar-refractivity contribution in [2.45, 2.75) is 24.8 Å². The van der Waals surface area contributed by atoms with E-state index in [0.717, 1.165) is 19.4 Å². The molecule has 2 N–H and O–H groups in total. The maximum absolute atomic E-state index is 12.1. The molecule has 0 amide bonds. The van der Waals surface area contributed by atoms with Crippen molar-refractivity contribution < 1.29 is 26.5 Å². The molecule has 10 heavy (non-hydrogen) atoms. The maximum atomic E-state index is 12.1. The lowest BCUT2D eigenvalue weighted by Crippen LogP contribution is -3.00. The van der Waals surface area contributed by atoms with Gasteiger partial charge in [-0.05, 0) is 0 Å². The number of halogens is 3. The summed E-state index contributed by atoms with van der Waals surface area (Å²) in [6.45, 7) is 0.935. The highest BCUT2D eigenvalue weighted by atomic mass is 35.5. The number of quaternary nitrogens is 1. The Morgan fingerprint density at radius 2 is 2.00 bits per heavy atom. The van der Waals surface area contributed by atoms with Crippen molar-refractivity contribution in [3.63, 3.8) is 0 Å². The van der Waals surface area contributed by atoms with Gasteiger partial charge in [0.05, 0.1) is 6.54 Å². The van der Waals surface area contributed by atoms with E-state index in [1.807, 2.05) is 5.32 Å². The minimum atomic E-state index is -2.10. The molecule has 2 saturated heterocycles. The zero-order chi connectivity index (χ0) is 6.48. The second kappa shape index (κ2) is 2.31. The van der Waals surface area contributed by atoms with Gasteiger partial charge in [0.2, 0.25) is 0 Å². The number of alkyl halides is 2. The van der Waals surface area contributed by atoms with E-state index in [0.29, 0.717) is 5.92 Å². The number of hydrogen-bond acceptors (Lipinski definition) is 0. The fourth-order valence-electron chi connectivity index (χ4n) is 2.02. The summed E-state index contributed by atoms with van der Waals surface area (Å²) in [5, 5.41) is 1.82. The molecular formula is C6H10ClF2N. The Morgan fingerprint density at radius 3 is 2.20 bits per heavy atom. The molecule has 0 unspecified atom stereocenters. The zero-order valence-electron chi connectivity index (χ0n) is 5.49. The van der Waals surface area contributed by atoms with E-state index >= 15 is 0 Å². The summed E-state index contributed by atoms with van der Waals surface area (Å²) >= 11 is 0. The highest BCUT2D eigenvalue weighted by molar-refractivity contribution is 4.99. The first-order valence-electron chi connectivity index (χ1n) is 3.35. The quantitative estimate of drug-likeness (QED) is 0.431. The molecule has 4 heteroatoms. The normalized spacial score (nSPS) is 42.9. The minimum absolute atomic E-state index is 0. The molecular weight excluding hydrogens is 160 g/mol. The van der Waals surface area contributed by atoms with Crippen LogP contribution in [0.3, 0.4) is 0 Å². The Balaban J connectivity index is 0.000000500. The van der Waals surface area contributed by atoms with Crippen molar-refractivity contribution in [2.75, 3.05) is 6.54 Å². The fourth-order valence-corrected chi connectivity index (χ4v) is 2.02. The summed E-state index contributed by atoms with van der Waals surface area (Å²) in [5.74, 6) is 0.610. The summed E-state index contributed by atoms with van der Waals surface area (Å²) in [4.78, 5) is 0. The Morgan fingerprint density at radius 1 is 1.40 bits per heavy atom. The van der Waals surface area contributed by atoms with E-state index in [1.54, 1.807) is 0 Å². The van der Waals surface area contributed by atoms with E-state index in [2.05, 4.69) is 0 Å². The van der Waals surface area contributed by atoms with Gasteiger partial charge in [-0.15, -0.1) is 0 Å². The molecule has 2 bridgehead atoms. The summed E-state index contributed by atoms with van der Waals surface area (Å²) in [5.41, 5.74) is -0.620. The minimum Gasteiger partial charge on any atom is -1.00 e. The van der Waals surface area contributed by atoms with Crippen LogP contribution in [0.15, 0.2) is 0 Å². The molecule has 1 saturated carbocycles. The Hall–Kier alpha value is 0.110. The molecule has 0 aromatic carbocycles. The van der Waals surface area contributed by atoms with Crippen LogP contribution in [0.2, 0.25) is 0 Å². The highest BCUT2D eigenvalue weighted by Crippen LogP contribution is 2.42. The van der Waals surface area contributed by atoms with Crippen LogP contribution in [-0.4, -0.2) is 18.5 Å². The number of hydrogen-bond donors (Lipinski definition) is 1. The zero-order valence-corrected chi connectivity index (χ0v) is 6.24. The van der Waals surface area contributed by atoms with Crippen molar-refractivity contribution in [3.8, 4) is 0 Å². The molecule has 2 heterocycles. The standard InChI is InChI=1S/C6H9F2N.ClH/c7-5(8)6-1-4(2-6)3-9-6;/h4-5,9H,1-3H2;1H. The maximum Gasteiger partial charge on any atom is 0.291 e. The van der Waals surface area contributed by atoms with Gasteiger partial charge in [0, 0.05) is 18.8 Å². The van der Waals surface area contributed by atoms with Crippen LogP contribution < -0.4 is 17.7 Å². The average molecular weight is 170 g/mol. The molecule has 0 radical (unpaired) electrons. The van der Waals surface area contributed by atoms with E-state index in [4.69, 9.17) is 0 Å². The number of rotatable bonds is 1. The summed E-state index contributed by atoms with van der Waals surface area (Å²) in [6, 6.07) is 0. The van der Waals surface area contributed by atoms with Gasteiger partial charge < -0.3 is 17.7 Å². The second-order valence-corrected chi connectivity index (χ2v) is 3.25. The lowest BCUT2D eigenvalue weighted by atomic mass is 9.74. The summed E-state index contributed by atoms with van der Waals surface area (Å²) in [6.07, 6.45) is -0.591. The van der Waals surface area contributed by atoms with Crippen LogP contribution in [0.1, 0.15) is 12.8 Å². The van der Waals surface area contributed by atoms with Gasteiger partial charge in [0.15, 0.2) is 5.54 Å². The molecule has 0 aromatic rings. The molecule has 1 nitrogen and oxygen atoms in total. The van der Waals surface area contributed by atoms with Crippen molar-refractivity contribution in [1.82, 2.24) is 0 Å². The summed E-state index contributed by atoms with van der Waals surface area (Å²) in [7, 11) is 0. The SMILES string of the molecule is FC(F)C12CC(C[NH2+]1)C2.[Cl-]. The van der Waals surface area contributed by atoms with Crippen molar-refractivity contribution in [1.29, 1.82) is 0 Å². The van der Waals surface area contributed by atoms with Gasteiger partial charge in [0.25, 0.3) is 6.43 Å².